The minimum atomic E-state index is 1.08. The highest BCUT2D eigenvalue weighted by Gasteiger charge is 2.23. The molecule has 10 aromatic rings. The molecule has 0 saturated heterocycles. The minimum absolute atomic E-state index is 1.08. The fourth-order valence-electron chi connectivity index (χ4n) is 8.12. The van der Waals surface area contributed by atoms with Crippen LogP contribution >= 0.6 is 0 Å². The van der Waals surface area contributed by atoms with Crippen molar-refractivity contribution < 1.29 is 0 Å². The molecule has 0 aliphatic rings. The highest BCUT2D eigenvalue weighted by Crippen LogP contribution is 2.47. The van der Waals surface area contributed by atoms with Gasteiger partial charge in [0, 0.05) is 33.3 Å². The third-order valence-corrected chi connectivity index (χ3v) is 10.6. The Hall–Kier alpha value is -7.16. The summed E-state index contributed by atoms with van der Waals surface area (Å²) in [5.74, 6) is 0. The molecule has 0 aliphatic carbocycles. The molecule has 0 atom stereocenters. The van der Waals surface area contributed by atoms with Crippen LogP contribution in [0.3, 0.4) is 0 Å². The zero-order valence-corrected chi connectivity index (χ0v) is 29.7. The highest BCUT2D eigenvalue weighted by molar-refractivity contribution is 6.11. The zero-order valence-electron chi connectivity index (χ0n) is 29.7. The molecule has 0 fully saturated rings. The van der Waals surface area contributed by atoms with E-state index in [0.29, 0.717) is 0 Å². The van der Waals surface area contributed by atoms with Gasteiger partial charge in [0.25, 0.3) is 0 Å². The van der Waals surface area contributed by atoms with Crippen molar-refractivity contribution in [2.75, 3.05) is 4.90 Å². The van der Waals surface area contributed by atoms with Crippen LogP contribution in [0.5, 0.6) is 0 Å². The molecule has 2 nitrogen and oxygen atoms in total. The lowest BCUT2D eigenvalue weighted by Gasteiger charge is -2.30. The number of benzene rings is 9. The third kappa shape index (κ3) is 5.44. The van der Waals surface area contributed by atoms with Crippen molar-refractivity contribution >= 4 is 49.6 Å². The molecule has 0 spiro atoms. The zero-order chi connectivity index (χ0) is 35.8. The summed E-state index contributed by atoms with van der Waals surface area (Å²) >= 11 is 0. The van der Waals surface area contributed by atoms with Gasteiger partial charge in [-0.25, -0.2) is 0 Å². The van der Waals surface area contributed by atoms with Crippen molar-refractivity contribution in [3.63, 3.8) is 0 Å². The summed E-state index contributed by atoms with van der Waals surface area (Å²) in [6, 6.07) is 79.0. The number of nitrogens with zero attached hydrogens (tertiary/aromatic N) is 2. The van der Waals surface area contributed by atoms with Crippen LogP contribution < -0.4 is 4.90 Å². The van der Waals surface area contributed by atoms with Crippen molar-refractivity contribution in [1.29, 1.82) is 0 Å². The van der Waals surface area contributed by atoms with E-state index in [2.05, 4.69) is 228 Å². The Morgan fingerprint density at radius 2 is 0.889 bits per heavy atom. The second-order valence-corrected chi connectivity index (χ2v) is 13.7. The largest absolute Gasteiger partial charge is 0.309 e. The molecule has 1 aromatic heterocycles. The predicted molar refractivity (Wildman–Crippen MR) is 229 cm³/mol. The normalized spacial score (nSPS) is 11.3. The van der Waals surface area contributed by atoms with Gasteiger partial charge in [-0.05, 0) is 81.6 Å². The summed E-state index contributed by atoms with van der Waals surface area (Å²) < 4.78 is 2.40. The van der Waals surface area contributed by atoms with Gasteiger partial charge in [-0.3, -0.25) is 0 Å². The van der Waals surface area contributed by atoms with E-state index in [-0.39, 0.29) is 0 Å². The molecule has 0 N–H and O–H groups in total. The molecule has 1 heterocycles. The Bertz CT molecular complexity index is 2920. The standard InChI is InChI=1S/C52H36N2/c1-4-17-38(18-5-1)45-26-12-14-29-49(45)54(42-32-33-47-46-27-13-15-30-50(46)53(52(47)36-42)41-23-8-3-9-24-41)51-34-31-40(35-48(51)39-19-6-2-7-20-39)44-28-16-22-37-21-10-11-25-43(37)44/h1-36H. The maximum absolute atomic E-state index is 2.46. The number of aromatic nitrogens is 1. The third-order valence-electron chi connectivity index (χ3n) is 10.6. The van der Waals surface area contributed by atoms with Crippen LogP contribution in [0.1, 0.15) is 0 Å². The van der Waals surface area contributed by atoms with E-state index >= 15 is 0 Å². The summed E-state index contributed by atoms with van der Waals surface area (Å²) in [5.41, 5.74) is 13.9. The van der Waals surface area contributed by atoms with Crippen molar-refractivity contribution in [2.24, 2.45) is 0 Å². The van der Waals surface area contributed by atoms with E-state index in [9.17, 15) is 0 Å². The van der Waals surface area contributed by atoms with Crippen molar-refractivity contribution in [1.82, 2.24) is 4.57 Å². The van der Waals surface area contributed by atoms with Crippen molar-refractivity contribution in [3.05, 3.63) is 218 Å². The van der Waals surface area contributed by atoms with Crippen molar-refractivity contribution in [3.8, 4) is 39.1 Å². The Morgan fingerprint density at radius 1 is 0.315 bits per heavy atom. The average Bonchev–Trinajstić information content (AvgIpc) is 3.58. The smallest absolute Gasteiger partial charge is 0.0561 e. The van der Waals surface area contributed by atoms with Gasteiger partial charge < -0.3 is 9.47 Å². The van der Waals surface area contributed by atoms with E-state index in [4.69, 9.17) is 0 Å². The van der Waals surface area contributed by atoms with E-state index < -0.39 is 0 Å². The number of hydrogen-bond donors (Lipinski definition) is 0. The maximum Gasteiger partial charge on any atom is 0.0561 e. The Balaban J connectivity index is 1.27. The van der Waals surface area contributed by atoms with Gasteiger partial charge in [0.1, 0.15) is 0 Å². The van der Waals surface area contributed by atoms with Gasteiger partial charge in [-0.1, -0.05) is 170 Å². The lowest BCUT2D eigenvalue weighted by Crippen LogP contribution is -2.13. The molecular formula is C52H36N2. The first-order chi connectivity index (χ1) is 26.8. The molecule has 0 bridgehead atoms. The molecule has 0 unspecified atom stereocenters. The molecule has 9 aromatic carbocycles. The maximum atomic E-state index is 2.46. The molecule has 0 amide bonds. The van der Waals surface area contributed by atoms with Crippen LogP contribution in [0, 0.1) is 0 Å². The van der Waals surface area contributed by atoms with Crippen LogP contribution in [-0.2, 0) is 0 Å². The fraction of sp³-hybridized carbons (Fsp3) is 0. The lowest BCUT2D eigenvalue weighted by molar-refractivity contribution is 1.18. The first-order valence-electron chi connectivity index (χ1n) is 18.5. The summed E-state index contributed by atoms with van der Waals surface area (Å²) in [6.45, 7) is 0. The topological polar surface area (TPSA) is 8.17 Å². The number of para-hydroxylation sites is 3. The monoisotopic (exact) mass is 688 g/mol. The fourth-order valence-corrected chi connectivity index (χ4v) is 8.12. The van der Waals surface area contributed by atoms with Gasteiger partial charge in [0.2, 0.25) is 0 Å². The van der Waals surface area contributed by atoms with Gasteiger partial charge >= 0.3 is 0 Å². The van der Waals surface area contributed by atoms with E-state index in [1.165, 1.54) is 49.3 Å². The van der Waals surface area contributed by atoms with Gasteiger partial charge in [0.05, 0.1) is 22.4 Å². The molecule has 54 heavy (non-hydrogen) atoms. The van der Waals surface area contributed by atoms with Crippen LogP contribution in [0.4, 0.5) is 17.1 Å². The van der Waals surface area contributed by atoms with Crippen LogP contribution in [0.25, 0.3) is 71.6 Å². The average molecular weight is 689 g/mol. The number of rotatable bonds is 7. The minimum Gasteiger partial charge on any atom is -0.309 e. The molecular weight excluding hydrogens is 653 g/mol. The summed E-state index contributed by atoms with van der Waals surface area (Å²) in [4.78, 5) is 2.46. The number of fused-ring (bicyclic) bond motifs is 4. The Morgan fingerprint density at radius 3 is 1.69 bits per heavy atom. The van der Waals surface area contributed by atoms with E-state index in [0.717, 1.165) is 39.4 Å². The van der Waals surface area contributed by atoms with E-state index in [1.54, 1.807) is 0 Å². The van der Waals surface area contributed by atoms with Gasteiger partial charge in [-0.15, -0.1) is 0 Å². The first kappa shape index (κ1) is 31.6. The predicted octanol–water partition coefficient (Wildman–Crippen LogP) is 14.4. The number of anilines is 3. The second-order valence-electron chi connectivity index (χ2n) is 13.7. The van der Waals surface area contributed by atoms with Crippen LogP contribution in [0.15, 0.2) is 218 Å². The summed E-state index contributed by atoms with van der Waals surface area (Å²) in [7, 11) is 0. The Labute approximate surface area is 315 Å². The van der Waals surface area contributed by atoms with Gasteiger partial charge in [-0.2, -0.15) is 0 Å². The number of hydrogen-bond acceptors (Lipinski definition) is 1. The molecule has 2 heteroatoms. The first-order valence-corrected chi connectivity index (χ1v) is 18.5. The molecule has 0 aliphatic heterocycles. The van der Waals surface area contributed by atoms with E-state index in [1.807, 2.05) is 0 Å². The van der Waals surface area contributed by atoms with Crippen molar-refractivity contribution in [2.45, 2.75) is 0 Å². The Kier molecular flexibility index (Phi) is 7.85. The SMILES string of the molecule is c1ccc(-c2ccccc2N(c2ccc3c4ccccc4n(-c4ccccc4)c3c2)c2ccc(-c3cccc4ccccc34)cc2-c2ccccc2)cc1. The molecule has 0 saturated carbocycles. The quantitative estimate of drug-likeness (QED) is 0.162. The lowest BCUT2D eigenvalue weighted by atomic mass is 9.93. The highest BCUT2D eigenvalue weighted by atomic mass is 15.1. The molecule has 10 rings (SSSR count). The molecule has 0 radical (unpaired) electrons. The summed E-state index contributed by atoms with van der Waals surface area (Å²) in [6.07, 6.45) is 0. The summed E-state index contributed by atoms with van der Waals surface area (Å²) in [5, 5.41) is 4.95. The van der Waals surface area contributed by atoms with Crippen LogP contribution in [-0.4, -0.2) is 4.57 Å². The molecule has 254 valence electrons. The second kappa shape index (κ2) is 13.4. The van der Waals surface area contributed by atoms with Gasteiger partial charge in [0.15, 0.2) is 0 Å². The van der Waals surface area contributed by atoms with Crippen LogP contribution in [0.2, 0.25) is 0 Å².